The molecule has 0 bridgehead atoms. The van der Waals surface area contributed by atoms with Gasteiger partial charge in [-0.1, -0.05) is 0 Å². The Kier molecular flexibility index (Phi) is 3.01. The van der Waals surface area contributed by atoms with E-state index in [-0.39, 0.29) is 6.10 Å². The van der Waals surface area contributed by atoms with Crippen LogP contribution in [-0.4, -0.2) is 30.8 Å². The number of rotatable bonds is 2. The van der Waals surface area contributed by atoms with Crippen LogP contribution in [-0.2, 0) is 4.74 Å². The van der Waals surface area contributed by atoms with Crippen LogP contribution in [0.5, 0.6) is 0 Å². The van der Waals surface area contributed by atoms with Gasteiger partial charge < -0.3 is 15.4 Å². The second kappa shape index (κ2) is 4.29. The van der Waals surface area contributed by atoms with Crippen molar-refractivity contribution < 1.29 is 4.74 Å². The fourth-order valence-corrected chi connectivity index (χ4v) is 2.22. The van der Waals surface area contributed by atoms with Gasteiger partial charge in [-0.15, -0.1) is 0 Å². The summed E-state index contributed by atoms with van der Waals surface area (Å²) in [5.74, 6) is 0.863. The minimum absolute atomic E-state index is 0.242. The fourth-order valence-electron chi connectivity index (χ4n) is 2.22. The van der Waals surface area contributed by atoms with Gasteiger partial charge in [0.15, 0.2) is 5.82 Å². The summed E-state index contributed by atoms with van der Waals surface area (Å²) < 4.78 is 5.57. The van der Waals surface area contributed by atoms with Crippen LogP contribution in [0.15, 0.2) is 12.3 Å². The highest BCUT2D eigenvalue weighted by Gasteiger charge is 2.29. The lowest BCUT2D eigenvalue weighted by Gasteiger charge is -2.29. The third kappa shape index (κ3) is 1.85. The predicted molar refractivity (Wildman–Crippen MR) is 65.6 cm³/mol. The van der Waals surface area contributed by atoms with Crippen molar-refractivity contribution >= 4 is 11.5 Å². The maximum Gasteiger partial charge on any atom is 0.152 e. The van der Waals surface area contributed by atoms with Gasteiger partial charge in [-0.05, 0) is 31.9 Å². The molecule has 2 heterocycles. The SMILES string of the molecule is Cc1ccnc(N(C)C2CCOC2C)c1N. The molecular weight excluding hydrogens is 202 g/mol. The molecule has 1 aromatic rings. The first-order chi connectivity index (χ1) is 7.61. The summed E-state index contributed by atoms with van der Waals surface area (Å²) in [4.78, 5) is 6.50. The monoisotopic (exact) mass is 221 g/mol. The van der Waals surface area contributed by atoms with Crippen LogP contribution >= 0.6 is 0 Å². The smallest absolute Gasteiger partial charge is 0.152 e. The van der Waals surface area contributed by atoms with Crippen molar-refractivity contribution in [1.29, 1.82) is 0 Å². The third-order valence-electron chi connectivity index (χ3n) is 3.35. The molecular formula is C12H19N3O. The van der Waals surface area contributed by atoms with E-state index in [0.717, 1.165) is 30.1 Å². The Morgan fingerprint density at radius 3 is 2.94 bits per heavy atom. The lowest BCUT2D eigenvalue weighted by atomic mass is 10.1. The van der Waals surface area contributed by atoms with E-state index < -0.39 is 0 Å². The van der Waals surface area contributed by atoms with E-state index in [0.29, 0.717) is 6.04 Å². The lowest BCUT2D eigenvalue weighted by Crippen LogP contribution is -2.37. The van der Waals surface area contributed by atoms with Crippen LogP contribution < -0.4 is 10.6 Å². The Balaban J connectivity index is 2.26. The number of anilines is 2. The van der Waals surface area contributed by atoms with Gasteiger partial charge in [-0.3, -0.25) is 0 Å². The molecule has 1 aromatic heterocycles. The minimum Gasteiger partial charge on any atom is -0.396 e. The van der Waals surface area contributed by atoms with Crippen molar-refractivity contribution in [3.8, 4) is 0 Å². The van der Waals surface area contributed by atoms with Crippen LogP contribution in [0.1, 0.15) is 18.9 Å². The molecule has 1 aliphatic heterocycles. The van der Waals surface area contributed by atoms with Crippen molar-refractivity contribution in [3.63, 3.8) is 0 Å². The van der Waals surface area contributed by atoms with Gasteiger partial charge >= 0.3 is 0 Å². The summed E-state index contributed by atoms with van der Waals surface area (Å²) in [6.45, 7) is 4.92. The quantitative estimate of drug-likeness (QED) is 0.824. The van der Waals surface area contributed by atoms with Crippen molar-refractivity contribution in [2.75, 3.05) is 24.3 Å². The number of nitrogens with zero attached hydrogens (tertiary/aromatic N) is 2. The van der Waals surface area contributed by atoms with Crippen molar-refractivity contribution in [1.82, 2.24) is 4.98 Å². The van der Waals surface area contributed by atoms with Crippen LogP contribution in [0.4, 0.5) is 11.5 Å². The molecule has 88 valence electrons. The summed E-state index contributed by atoms with van der Waals surface area (Å²) in [7, 11) is 2.04. The van der Waals surface area contributed by atoms with E-state index in [1.54, 1.807) is 6.20 Å². The zero-order chi connectivity index (χ0) is 11.7. The van der Waals surface area contributed by atoms with E-state index >= 15 is 0 Å². The molecule has 0 aromatic carbocycles. The van der Waals surface area contributed by atoms with Crippen LogP contribution in [0.3, 0.4) is 0 Å². The lowest BCUT2D eigenvalue weighted by molar-refractivity contribution is 0.118. The molecule has 2 rings (SSSR count). The van der Waals surface area contributed by atoms with E-state index in [9.17, 15) is 0 Å². The number of nitrogens with two attached hydrogens (primary N) is 1. The first-order valence-corrected chi connectivity index (χ1v) is 5.66. The first-order valence-electron chi connectivity index (χ1n) is 5.66. The first kappa shape index (κ1) is 11.2. The minimum atomic E-state index is 0.242. The van der Waals surface area contributed by atoms with Crippen molar-refractivity contribution in [2.45, 2.75) is 32.4 Å². The standard InChI is InChI=1S/C12H19N3O/c1-8-4-6-14-12(11(8)13)15(3)10-5-7-16-9(10)2/h4,6,9-10H,5,7,13H2,1-3H3. The number of hydrogen-bond acceptors (Lipinski definition) is 4. The van der Waals surface area contributed by atoms with Crippen LogP contribution in [0.25, 0.3) is 0 Å². The average molecular weight is 221 g/mol. The maximum absolute atomic E-state index is 6.05. The zero-order valence-electron chi connectivity index (χ0n) is 10.1. The third-order valence-corrected chi connectivity index (χ3v) is 3.35. The van der Waals surface area contributed by atoms with E-state index in [1.165, 1.54) is 0 Å². The number of pyridine rings is 1. The zero-order valence-corrected chi connectivity index (χ0v) is 10.1. The average Bonchev–Trinajstić information content (AvgIpc) is 2.68. The van der Waals surface area contributed by atoms with Gasteiger partial charge in [-0.2, -0.15) is 0 Å². The van der Waals surface area contributed by atoms with Crippen LogP contribution in [0, 0.1) is 6.92 Å². The molecule has 0 saturated carbocycles. The van der Waals surface area contributed by atoms with E-state index in [4.69, 9.17) is 10.5 Å². The maximum atomic E-state index is 6.05. The summed E-state index contributed by atoms with van der Waals surface area (Å²) in [6, 6.07) is 2.30. The molecule has 0 amide bonds. The van der Waals surface area contributed by atoms with Gasteiger partial charge in [-0.25, -0.2) is 4.98 Å². The molecule has 1 aliphatic rings. The fraction of sp³-hybridized carbons (Fsp3) is 0.583. The van der Waals surface area contributed by atoms with Gasteiger partial charge in [0.2, 0.25) is 0 Å². The number of hydrogen-bond donors (Lipinski definition) is 1. The second-order valence-corrected chi connectivity index (χ2v) is 4.41. The largest absolute Gasteiger partial charge is 0.396 e. The molecule has 4 nitrogen and oxygen atoms in total. The number of aromatic nitrogens is 1. The van der Waals surface area contributed by atoms with Crippen molar-refractivity contribution in [2.24, 2.45) is 0 Å². The Morgan fingerprint density at radius 1 is 1.56 bits per heavy atom. The van der Waals surface area contributed by atoms with Gasteiger partial charge in [0, 0.05) is 19.9 Å². The van der Waals surface area contributed by atoms with Gasteiger partial charge in [0.1, 0.15) is 0 Å². The number of nitrogen functional groups attached to an aromatic ring is 1. The van der Waals surface area contributed by atoms with E-state index in [2.05, 4.69) is 16.8 Å². The molecule has 4 heteroatoms. The molecule has 1 saturated heterocycles. The molecule has 2 atom stereocenters. The Morgan fingerprint density at radius 2 is 2.31 bits per heavy atom. The Bertz CT molecular complexity index is 381. The molecule has 0 radical (unpaired) electrons. The molecule has 0 spiro atoms. The molecule has 16 heavy (non-hydrogen) atoms. The number of aryl methyl sites for hydroxylation is 1. The number of ether oxygens (including phenoxy) is 1. The highest BCUT2D eigenvalue weighted by Crippen LogP contribution is 2.28. The van der Waals surface area contributed by atoms with Crippen LogP contribution in [0.2, 0.25) is 0 Å². The van der Waals surface area contributed by atoms with Gasteiger partial charge in [0.25, 0.3) is 0 Å². The number of likely N-dealkylation sites (N-methyl/N-ethyl adjacent to an activating group) is 1. The highest BCUT2D eigenvalue weighted by atomic mass is 16.5. The summed E-state index contributed by atoms with van der Waals surface area (Å²) >= 11 is 0. The Hall–Kier alpha value is -1.29. The summed E-state index contributed by atoms with van der Waals surface area (Å²) in [6.07, 6.45) is 3.08. The summed E-state index contributed by atoms with van der Waals surface area (Å²) in [5, 5.41) is 0. The van der Waals surface area contributed by atoms with Crippen molar-refractivity contribution in [3.05, 3.63) is 17.8 Å². The topological polar surface area (TPSA) is 51.4 Å². The highest BCUT2D eigenvalue weighted by molar-refractivity contribution is 5.66. The molecule has 1 fully saturated rings. The van der Waals surface area contributed by atoms with E-state index in [1.807, 2.05) is 20.0 Å². The summed E-state index contributed by atoms with van der Waals surface area (Å²) in [5.41, 5.74) is 7.89. The predicted octanol–water partition coefficient (Wildman–Crippen LogP) is 1.59. The second-order valence-electron chi connectivity index (χ2n) is 4.41. The molecule has 2 N–H and O–H groups in total. The van der Waals surface area contributed by atoms with Gasteiger partial charge in [0.05, 0.1) is 17.8 Å². The molecule has 2 unspecified atom stereocenters. The molecule has 0 aliphatic carbocycles. The Labute approximate surface area is 96.4 Å². The normalized spacial score (nSPS) is 24.7.